The molecule has 0 bridgehead atoms. The monoisotopic (exact) mass is 337 g/mol. The minimum absolute atomic E-state index is 0.344. The SMILES string of the molecule is CCOC(=O)/C=C1\CCCN(CCc2c[nH]c3ccccc23)C1C#N. The Balaban J connectivity index is 1.71. The topological polar surface area (TPSA) is 69.1 Å². The van der Waals surface area contributed by atoms with Gasteiger partial charge in [0.25, 0.3) is 0 Å². The molecular weight excluding hydrogens is 314 g/mol. The highest BCUT2D eigenvalue weighted by Gasteiger charge is 2.27. The molecule has 1 N–H and O–H groups in total. The first-order valence-corrected chi connectivity index (χ1v) is 8.78. The van der Waals surface area contributed by atoms with Crippen molar-refractivity contribution >= 4 is 16.9 Å². The zero-order valence-electron chi connectivity index (χ0n) is 14.5. The number of rotatable bonds is 5. The molecule has 0 radical (unpaired) electrons. The average molecular weight is 337 g/mol. The van der Waals surface area contributed by atoms with Gasteiger partial charge in [0.05, 0.1) is 12.7 Å². The van der Waals surface area contributed by atoms with Gasteiger partial charge in [0.1, 0.15) is 6.04 Å². The van der Waals surface area contributed by atoms with Crippen LogP contribution in [0.4, 0.5) is 0 Å². The zero-order chi connectivity index (χ0) is 17.6. The van der Waals surface area contributed by atoms with Gasteiger partial charge >= 0.3 is 5.97 Å². The van der Waals surface area contributed by atoms with Crippen molar-refractivity contribution < 1.29 is 9.53 Å². The number of likely N-dealkylation sites (tertiary alicyclic amines) is 1. The molecule has 1 saturated heterocycles. The van der Waals surface area contributed by atoms with Gasteiger partial charge in [0.15, 0.2) is 0 Å². The fourth-order valence-electron chi connectivity index (χ4n) is 3.48. The van der Waals surface area contributed by atoms with Crippen molar-refractivity contribution in [1.29, 1.82) is 5.26 Å². The molecule has 0 spiro atoms. The summed E-state index contributed by atoms with van der Waals surface area (Å²) in [6.45, 7) is 3.80. The predicted octanol–water partition coefficient (Wildman–Crippen LogP) is 3.19. The van der Waals surface area contributed by atoms with Crippen molar-refractivity contribution in [2.45, 2.75) is 32.2 Å². The van der Waals surface area contributed by atoms with Crippen LogP contribution in [0.3, 0.4) is 0 Å². The highest BCUT2D eigenvalue weighted by molar-refractivity contribution is 5.83. The number of aromatic nitrogens is 1. The Morgan fingerprint density at radius 2 is 2.32 bits per heavy atom. The standard InChI is InChI=1S/C20H23N3O2/c1-2-25-20(24)12-15-6-5-10-23(19(15)13-21)11-9-16-14-22-18-8-4-3-7-17(16)18/h3-4,7-8,12,14,19,22H,2,5-6,9-11H2,1H3/b15-12+. The maximum absolute atomic E-state index is 11.7. The molecule has 1 atom stereocenters. The summed E-state index contributed by atoms with van der Waals surface area (Å²) >= 11 is 0. The van der Waals surface area contributed by atoms with E-state index >= 15 is 0 Å². The molecule has 1 aromatic heterocycles. The molecule has 3 rings (SSSR count). The molecule has 5 nitrogen and oxygen atoms in total. The molecule has 2 heterocycles. The number of piperidine rings is 1. The maximum Gasteiger partial charge on any atom is 0.330 e. The summed E-state index contributed by atoms with van der Waals surface area (Å²) in [5.41, 5.74) is 3.26. The smallest absolute Gasteiger partial charge is 0.330 e. The number of H-pyrrole nitrogens is 1. The number of nitriles is 1. The van der Waals surface area contributed by atoms with Gasteiger partial charge in [0.2, 0.25) is 0 Å². The molecule has 1 aliphatic rings. The van der Waals surface area contributed by atoms with Crippen LogP contribution in [0.5, 0.6) is 0 Å². The van der Waals surface area contributed by atoms with E-state index in [4.69, 9.17) is 4.74 Å². The van der Waals surface area contributed by atoms with Crippen LogP contribution in [0, 0.1) is 11.3 Å². The third-order valence-corrected chi connectivity index (χ3v) is 4.68. The molecule has 1 unspecified atom stereocenters. The van der Waals surface area contributed by atoms with E-state index in [1.54, 1.807) is 6.92 Å². The molecule has 25 heavy (non-hydrogen) atoms. The van der Waals surface area contributed by atoms with Gasteiger partial charge in [-0.3, -0.25) is 4.90 Å². The highest BCUT2D eigenvalue weighted by atomic mass is 16.5. The average Bonchev–Trinajstić information content (AvgIpc) is 3.03. The van der Waals surface area contributed by atoms with E-state index in [1.807, 2.05) is 18.3 Å². The first kappa shape index (κ1) is 17.2. The predicted molar refractivity (Wildman–Crippen MR) is 96.9 cm³/mol. The summed E-state index contributed by atoms with van der Waals surface area (Å²) in [6.07, 6.45) is 6.16. The molecule has 1 fully saturated rings. The fourth-order valence-corrected chi connectivity index (χ4v) is 3.48. The van der Waals surface area contributed by atoms with E-state index < -0.39 is 0 Å². The molecule has 0 aliphatic carbocycles. The molecule has 130 valence electrons. The Labute approximate surface area is 147 Å². The van der Waals surface area contributed by atoms with Crippen molar-refractivity contribution in [3.8, 4) is 6.07 Å². The van der Waals surface area contributed by atoms with E-state index in [1.165, 1.54) is 17.0 Å². The number of hydrogen-bond donors (Lipinski definition) is 1. The Kier molecular flexibility index (Phi) is 5.52. The summed E-state index contributed by atoms with van der Waals surface area (Å²) < 4.78 is 4.99. The summed E-state index contributed by atoms with van der Waals surface area (Å²) in [7, 11) is 0. The van der Waals surface area contributed by atoms with Crippen molar-refractivity contribution in [1.82, 2.24) is 9.88 Å². The molecule has 2 aromatic rings. The van der Waals surface area contributed by atoms with E-state index in [0.29, 0.717) is 6.61 Å². The summed E-state index contributed by atoms with van der Waals surface area (Å²) in [5, 5.41) is 10.8. The van der Waals surface area contributed by atoms with Crippen LogP contribution >= 0.6 is 0 Å². The van der Waals surface area contributed by atoms with Gasteiger partial charge in [-0.25, -0.2) is 4.79 Å². The van der Waals surface area contributed by atoms with Gasteiger partial charge in [-0.2, -0.15) is 5.26 Å². The lowest BCUT2D eigenvalue weighted by Gasteiger charge is -2.33. The lowest BCUT2D eigenvalue weighted by molar-refractivity contribution is -0.137. The van der Waals surface area contributed by atoms with Crippen molar-refractivity contribution in [2.24, 2.45) is 0 Å². The van der Waals surface area contributed by atoms with E-state index in [9.17, 15) is 10.1 Å². The number of benzene rings is 1. The van der Waals surface area contributed by atoms with Gasteiger partial charge in [-0.1, -0.05) is 18.2 Å². The summed E-state index contributed by atoms with van der Waals surface area (Å²) in [5.74, 6) is -0.351. The minimum Gasteiger partial charge on any atom is -0.463 e. The molecule has 1 aliphatic heterocycles. The van der Waals surface area contributed by atoms with Crippen LogP contribution in [0.25, 0.3) is 10.9 Å². The Morgan fingerprint density at radius 1 is 1.48 bits per heavy atom. The molecule has 1 aromatic carbocycles. The first-order chi connectivity index (χ1) is 12.2. The second-order valence-electron chi connectivity index (χ2n) is 6.25. The largest absolute Gasteiger partial charge is 0.463 e. The maximum atomic E-state index is 11.7. The van der Waals surface area contributed by atoms with Crippen molar-refractivity contribution in [3.63, 3.8) is 0 Å². The number of esters is 1. The first-order valence-electron chi connectivity index (χ1n) is 8.78. The number of aromatic amines is 1. The van der Waals surface area contributed by atoms with Gasteiger partial charge in [0, 0.05) is 36.3 Å². The number of hydrogen-bond acceptors (Lipinski definition) is 4. The van der Waals surface area contributed by atoms with Crippen LogP contribution < -0.4 is 0 Å². The lowest BCUT2D eigenvalue weighted by atomic mass is 9.95. The zero-order valence-corrected chi connectivity index (χ0v) is 14.5. The number of fused-ring (bicyclic) bond motifs is 1. The number of para-hydroxylation sites is 1. The Bertz CT molecular complexity index is 816. The second kappa shape index (κ2) is 8.00. The van der Waals surface area contributed by atoms with Gasteiger partial charge < -0.3 is 9.72 Å². The normalized spacial score (nSPS) is 19.8. The number of nitrogens with one attached hydrogen (secondary N) is 1. The number of carbonyl (C=O) groups is 1. The number of ether oxygens (including phenoxy) is 1. The van der Waals surface area contributed by atoms with E-state index in [2.05, 4.69) is 28.1 Å². The van der Waals surface area contributed by atoms with Crippen LogP contribution in [0.15, 0.2) is 42.1 Å². The van der Waals surface area contributed by atoms with Crippen LogP contribution in [-0.4, -0.2) is 41.6 Å². The third-order valence-electron chi connectivity index (χ3n) is 4.68. The highest BCUT2D eigenvalue weighted by Crippen LogP contribution is 2.24. The van der Waals surface area contributed by atoms with E-state index in [-0.39, 0.29) is 12.0 Å². The van der Waals surface area contributed by atoms with Crippen LogP contribution in [0.2, 0.25) is 0 Å². The molecule has 5 heteroatoms. The van der Waals surface area contributed by atoms with Gasteiger partial charge in [-0.05, 0) is 43.4 Å². The quantitative estimate of drug-likeness (QED) is 0.672. The second-order valence-corrected chi connectivity index (χ2v) is 6.25. The van der Waals surface area contributed by atoms with Crippen LogP contribution in [-0.2, 0) is 16.0 Å². The fraction of sp³-hybridized carbons (Fsp3) is 0.400. The summed E-state index contributed by atoms with van der Waals surface area (Å²) in [4.78, 5) is 17.2. The van der Waals surface area contributed by atoms with Gasteiger partial charge in [-0.15, -0.1) is 0 Å². The minimum atomic E-state index is -0.351. The number of carbonyl (C=O) groups excluding carboxylic acids is 1. The molecule has 0 saturated carbocycles. The summed E-state index contributed by atoms with van der Waals surface area (Å²) in [6, 6.07) is 10.3. The molecule has 0 amide bonds. The Hall–Kier alpha value is -2.58. The lowest BCUT2D eigenvalue weighted by Crippen LogP contribution is -2.41. The van der Waals surface area contributed by atoms with E-state index in [0.717, 1.165) is 43.4 Å². The van der Waals surface area contributed by atoms with Crippen LogP contribution in [0.1, 0.15) is 25.3 Å². The third kappa shape index (κ3) is 3.92. The Morgan fingerprint density at radius 3 is 3.12 bits per heavy atom. The number of nitrogens with zero attached hydrogens (tertiary/aromatic N) is 2. The van der Waals surface area contributed by atoms with Crippen molar-refractivity contribution in [3.05, 3.63) is 47.7 Å². The van der Waals surface area contributed by atoms with Crippen molar-refractivity contribution in [2.75, 3.05) is 19.7 Å². The molecular formula is C20H23N3O2.